The summed E-state index contributed by atoms with van der Waals surface area (Å²) in [6.07, 6.45) is 6.75. The third-order valence-electron chi connectivity index (χ3n) is 10.4. The molecule has 1 saturated carbocycles. The number of carbonyl (C=O) groups is 4. The van der Waals surface area contributed by atoms with E-state index in [0.717, 1.165) is 5.57 Å². The summed E-state index contributed by atoms with van der Waals surface area (Å²) in [7, 11) is 1.49. The number of allylic oxidation sites excluding steroid dienone is 3. The van der Waals surface area contributed by atoms with Crippen molar-refractivity contribution in [3.63, 3.8) is 0 Å². The predicted octanol–water partition coefficient (Wildman–Crippen LogP) is 5.10. The van der Waals surface area contributed by atoms with Crippen LogP contribution in [0.5, 0.6) is 0 Å². The first-order chi connectivity index (χ1) is 18.8. The molecule has 218 valence electrons. The highest BCUT2D eigenvalue weighted by Gasteiger charge is 2.65. The predicted molar refractivity (Wildman–Crippen MR) is 149 cm³/mol. The van der Waals surface area contributed by atoms with Crippen LogP contribution in [0.3, 0.4) is 0 Å². The third-order valence-corrected chi connectivity index (χ3v) is 10.4. The van der Waals surface area contributed by atoms with Crippen LogP contribution in [0.4, 0.5) is 0 Å². The number of aromatic amines is 1. The molecule has 1 aromatic heterocycles. The van der Waals surface area contributed by atoms with E-state index in [4.69, 9.17) is 14.2 Å². The van der Waals surface area contributed by atoms with Crippen molar-refractivity contribution in [1.82, 2.24) is 4.98 Å². The maximum Gasteiger partial charge on any atom is 0.355 e. The molecular weight excluding hydrogens is 510 g/mol. The first kappa shape index (κ1) is 30.0. The molecule has 1 fully saturated rings. The fourth-order valence-corrected chi connectivity index (χ4v) is 7.75. The molecule has 0 radical (unpaired) electrons. The lowest BCUT2D eigenvalue weighted by atomic mass is 9.56. The molecule has 40 heavy (non-hydrogen) atoms. The van der Waals surface area contributed by atoms with Gasteiger partial charge in [-0.1, -0.05) is 51.5 Å². The van der Waals surface area contributed by atoms with Gasteiger partial charge >= 0.3 is 11.9 Å². The molecule has 1 aliphatic heterocycles. The first-order valence-corrected chi connectivity index (χ1v) is 14.2. The van der Waals surface area contributed by atoms with Gasteiger partial charge in [-0.25, -0.2) is 9.59 Å². The van der Waals surface area contributed by atoms with Crippen molar-refractivity contribution in [2.75, 3.05) is 7.11 Å². The van der Waals surface area contributed by atoms with Crippen molar-refractivity contribution in [1.29, 1.82) is 0 Å². The Balaban J connectivity index is 1.84. The number of rotatable bonds is 7. The number of ketones is 2. The fourth-order valence-electron chi connectivity index (χ4n) is 7.75. The maximum atomic E-state index is 13.2. The van der Waals surface area contributed by atoms with Gasteiger partial charge in [-0.3, -0.25) is 9.59 Å². The number of hydrogen-bond acceptors (Lipinski definition) is 7. The third kappa shape index (κ3) is 4.89. The summed E-state index contributed by atoms with van der Waals surface area (Å²) in [4.78, 5) is 54.5. The number of aromatic nitrogens is 1. The molecule has 0 aromatic carbocycles. The van der Waals surface area contributed by atoms with Gasteiger partial charge in [0.2, 0.25) is 0 Å². The van der Waals surface area contributed by atoms with Gasteiger partial charge in [-0.2, -0.15) is 0 Å². The molecule has 2 heterocycles. The summed E-state index contributed by atoms with van der Waals surface area (Å²) >= 11 is 0. The van der Waals surface area contributed by atoms with Crippen LogP contribution in [-0.2, 0) is 28.6 Å². The highest BCUT2D eigenvalue weighted by molar-refractivity contribution is 5.88. The Hall–Kier alpha value is -3.00. The Morgan fingerprint density at radius 1 is 1.20 bits per heavy atom. The zero-order chi connectivity index (χ0) is 29.6. The smallest absolute Gasteiger partial charge is 0.355 e. The number of hydrogen-bond donors (Lipinski definition) is 1. The minimum atomic E-state index is -0.904. The lowest BCUT2D eigenvalue weighted by molar-refractivity contribution is -0.168. The molecule has 2 aliphatic carbocycles. The van der Waals surface area contributed by atoms with E-state index >= 15 is 0 Å². The number of H-pyrrole nitrogens is 1. The summed E-state index contributed by atoms with van der Waals surface area (Å²) in [5.41, 5.74) is 0.643. The summed E-state index contributed by atoms with van der Waals surface area (Å²) < 4.78 is 17.5. The Morgan fingerprint density at radius 3 is 2.48 bits per heavy atom. The van der Waals surface area contributed by atoms with Crippen LogP contribution < -0.4 is 0 Å². The van der Waals surface area contributed by atoms with Gasteiger partial charge in [0.25, 0.3) is 0 Å². The highest BCUT2D eigenvalue weighted by atomic mass is 16.6. The molecule has 10 atom stereocenters. The number of fused-ring (bicyclic) bond motifs is 1. The van der Waals surface area contributed by atoms with E-state index in [1.54, 1.807) is 18.3 Å². The van der Waals surface area contributed by atoms with Gasteiger partial charge in [0.15, 0.2) is 18.0 Å². The normalized spacial score (nSPS) is 38.3. The summed E-state index contributed by atoms with van der Waals surface area (Å²) in [5, 5.41) is 0. The molecule has 1 N–H and O–H groups in total. The number of Topliss-reactive ketones (excluding diaryl/α,β-unsaturated/α-hetero) is 2. The van der Waals surface area contributed by atoms with Crippen molar-refractivity contribution in [2.24, 2.45) is 40.4 Å². The average Bonchev–Trinajstić information content (AvgIpc) is 3.48. The Labute approximate surface area is 236 Å². The minimum absolute atomic E-state index is 0.0432. The SMILES string of the molecule is CO[C@H]1C[C@H]2C=C[C@]3(C)[C@@H](C)[C@]2(C[C@H]3[C@H](OC(=O)c2ccc[nH]2)[C@H](C)C(C)=O)/C(C)=C/[C@@H](C)[C@@H](C(C)=O)OC1=O. The second-order valence-electron chi connectivity index (χ2n) is 12.4. The van der Waals surface area contributed by atoms with Crippen molar-refractivity contribution in [2.45, 2.75) is 79.6 Å². The van der Waals surface area contributed by atoms with Gasteiger partial charge in [0.05, 0.1) is 5.92 Å². The average molecular weight is 554 g/mol. The molecule has 4 rings (SSSR count). The van der Waals surface area contributed by atoms with Gasteiger partial charge in [-0.15, -0.1) is 0 Å². The van der Waals surface area contributed by atoms with E-state index in [-0.39, 0.29) is 35.2 Å². The van der Waals surface area contributed by atoms with Crippen molar-refractivity contribution in [3.8, 4) is 0 Å². The molecular formula is C32H43NO7. The van der Waals surface area contributed by atoms with Crippen LogP contribution in [0, 0.1) is 40.4 Å². The van der Waals surface area contributed by atoms with Crippen molar-refractivity contribution in [3.05, 3.63) is 47.8 Å². The number of nitrogens with one attached hydrogen (secondary N) is 1. The number of methoxy groups -OCH3 is 1. The molecule has 0 saturated heterocycles. The lowest BCUT2D eigenvalue weighted by Gasteiger charge is -2.49. The zero-order valence-corrected chi connectivity index (χ0v) is 24.9. The fraction of sp³-hybridized carbons (Fsp3) is 0.625. The second kappa shape index (κ2) is 11.1. The second-order valence-corrected chi connectivity index (χ2v) is 12.4. The van der Waals surface area contributed by atoms with Crippen molar-refractivity contribution >= 4 is 23.5 Å². The topological polar surface area (TPSA) is 112 Å². The largest absolute Gasteiger partial charge is 0.457 e. The Kier molecular flexibility index (Phi) is 8.32. The quantitative estimate of drug-likeness (QED) is 0.369. The molecule has 8 heteroatoms. The van der Waals surface area contributed by atoms with Gasteiger partial charge in [0.1, 0.15) is 17.6 Å². The van der Waals surface area contributed by atoms with Crippen LogP contribution in [0.2, 0.25) is 0 Å². The van der Waals surface area contributed by atoms with Crippen LogP contribution in [0.25, 0.3) is 0 Å². The Morgan fingerprint density at radius 2 is 1.90 bits per heavy atom. The van der Waals surface area contributed by atoms with E-state index in [9.17, 15) is 19.2 Å². The van der Waals surface area contributed by atoms with Crippen LogP contribution in [0.15, 0.2) is 42.1 Å². The van der Waals surface area contributed by atoms with E-state index in [0.29, 0.717) is 18.5 Å². The van der Waals surface area contributed by atoms with Gasteiger partial charge in [-0.05, 0) is 63.0 Å². The van der Waals surface area contributed by atoms with Gasteiger partial charge in [0, 0.05) is 30.6 Å². The molecule has 0 unspecified atom stereocenters. The molecule has 0 amide bonds. The minimum Gasteiger partial charge on any atom is -0.457 e. The van der Waals surface area contributed by atoms with Crippen LogP contribution in [-0.4, -0.2) is 53.9 Å². The molecule has 1 spiro atoms. The number of esters is 2. The summed E-state index contributed by atoms with van der Waals surface area (Å²) in [5.74, 6) is -2.29. The van der Waals surface area contributed by atoms with E-state index in [1.165, 1.54) is 21.0 Å². The maximum absolute atomic E-state index is 13.2. The first-order valence-electron chi connectivity index (χ1n) is 14.2. The molecule has 1 aromatic rings. The lowest BCUT2D eigenvalue weighted by Crippen LogP contribution is -2.46. The molecule has 2 bridgehead atoms. The monoisotopic (exact) mass is 553 g/mol. The number of ether oxygens (including phenoxy) is 3. The summed E-state index contributed by atoms with van der Waals surface area (Å²) in [6, 6.07) is 3.40. The number of carbonyl (C=O) groups excluding carboxylic acids is 4. The van der Waals surface area contributed by atoms with Crippen LogP contribution >= 0.6 is 0 Å². The summed E-state index contributed by atoms with van der Waals surface area (Å²) in [6.45, 7) is 13.2. The highest BCUT2D eigenvalue weighted by Crippen LogP contribution is 2.69. The van der Waals surface area contributed by atoms with Crippen molar-refractivity contribution < 1.29 is 33.4 Å². The molecule has 3 aliphatic rings. The number of cyclic esters (lactones) is 1. The van der Waals surface area contributed by atoms with E-state index in [1.807, 2.05) is 13.8 Å². The van der Waals surface area contributed by atoms with E-state index in [2.05, 4.69) is 44.0 Å². The Bertz CT molecular complexity index is 1220. The van der Waals surface area contributed by atoms with E-state index < -0.39 is 47.0 Å². The molecule has 8 nitrogen and oxygen atoms in total. The standard InChI is InChI=1S/C32H43NO7/c1-17-14-18(2)32-16-24(28(19(3)20(4)34)40-29(36)25-10-9-13-33-25)31(7,22(32)6)12-11-23(32)15-26(38-8)30(37)39-27(17)21(5)35/h9-14,17,19,22-24,26-28,33H,15-16H2,1-8H3/b18-14+/t17-,19-,22-,23-,24+,26+,27+,28-,31-,32+/m1/s1. The van der Waals surface area contributed by atoms with Crippen LogP contribution in [0.1, 0.15) is 71.8 Å². The van der Waals surface area contributed by atoms with Gasteiger partial charge < -0.3 is 19.2 Å². The zero-order valence-electron chi connectivity index (χ0n) is 24.9.